The van der Waals surface area contributed by atoms with Crippen molar-refractivity contribution < 1.29 is 19.1 Å². The molecule has 2 aliphatic carbocycles. The Bertz CT molecular complexity index is 836. The van der Waals surface area contributed by atoms with E-state index >= 15 is 0 Å². The lowest BCUT2D eigenvalue weighted by molar-refractivity contribution is -0.148. The molecule has 2 saturated carbocycles. The molecule has 0 aromatic heterocycles. The summed E-state index contributed by atoms with van der Waals surface area (Å²) in [4.78, 5) is 24.4. The molecular formula is C23H25NO4. The van der Waals surface area contributed by atoms with Gasteiger partial charge in [-0.25, -0.2) is 0 Å². The smallest absolute Gasteiger partial charge is 0.306 e. The normalized spacial score (nSPS) is 22.6. The average Bonchev–Trinajstić information content (AvgIpc) is 3.32. The highest BCUT2D eigenvalue weighted by Crippen LogP contribution is 2.49. The van der Waals surface area contributed by atoms with Crippen molar-refractivity contribution in [3.63, 3.8) is 0 Å². The summed E-state index contributed by atoms with van der Waals surface area (Å²) in [5, 5.41) is 2.77. The highest BCUT2D eigenvalue weighted by molar-refractivity contribution is 5.94. The number of ether oxygens (including phenoxy) is 2. The van der Waals surface area contributed by atoms with Crippen molar-refractivity contribution in [2.75, 3.05) is 11.9 Å². The molecule has 2 aromatic rings. The number of anilines is 1. The van der Waals surface area contributed by atoms with Gasteiger partial charge in [0, 0.05) is 6.42 Å². The monoisotopic (exact) mass is 379 g/mol. The molecule has 0 heterocycles. The Labute approximate surface area is 165 Å². The van der Waals surface area contributed by atoms with Gasteiger partial charge in [-0.3, -0.25) is 9.59 Å². The molecule has 2 aliphatic rings. The van der Waals surface area contributed by atoms with Crippen LogP contribution in [-0.4, -0.2) is 18.5 Å². The first-order valence-corrected chi connectivity index (χ1v) is 9.95. The minimum atomic E-state index is -0.370. The molecule has 1 N–H and O–H groups in total. The molecule has 0 radical (unpaired) electrons. The molecule has 2 bridgehead atoms. The van der Waals surface area contributed by atoms with Crippen LogP contribution in [0.25, 0.3) is 0 Å². The maximum atomic E-state index is 12.2. The van der Waals surface area contributed by atoms with E-state index in [0.717, 1.165) is 12.3 Å². The van der Waals surface area contributed by atoms with Crippen LogP contribution >= 0.6 is 0 Å². The van der Waals surface area contributed by atoms with E-state index in [-0.39, 0.29) is 18.5 Å². The third-order valence-electron chi connectivity index (χ3n) is 5.81. The molecule has 4 rings (SSSR count). The van der Waals surface area contributed by atoms with Gasteiger partial charge in [0.1, 0.15) is 5.75 Å². The maximum absolute atomic E-state index is 12.2. The molecule has 3 atom stereocenters. The second kappa shape index (κ2) is 8.46. The largest absolute Gasteiger partial charge is 0.456 e. The molecule has 146 valence electrons. The first kappa shape index (κ1) is 18.5. The summed E-state index contributed by atoms with van der Waals surface area (Å²) >= 11 is 0. The van der Waals surface area contributed by atoms with Gasteiger partial charge < -0.3 is 14.8 Å². The van der Waals surface area contributed by atoms with Crippen molar-refractivity contribution in [2.24, 2.45) is 17.8 Å². The Balaban J connectivity index is 1.27. The third-order valence-corrected chi connectivity index (χ3v) is 5.81. The van der Waals surface area contributed by atoms with Gasteiger partial charge >= 0.3 is 5.97 Å². The predicted octanol–water partition coefficient (Wildman–Crippen LogP) is 4.79. The standard InChI is InChI=1S/C23H25NO4/c25-22(15-27-23(26)14-18-13-16-10-11-17(18)12-16)24-20-8-4-5-9-21(20)28-19-6-2-1-3-7-19/h1-9,16-18H,10-15H2,(H,24,25)/t16-,17-,18-/m0/s1. The minimum absolute atomic E-state index is 0.276. The van der Waals surface area contributed by atoms with E-state index in [1.54, 1.807) is 12.1 Å². The summed E-state index contributed by atoms with van der Waals surface area (Å²) in [6.45, 7) is -0.278. The SMILES string of the molecule is O=C(COC(=O)C[C@@H]1C[C@H]2CC[C@H]1C2)Nc1ccccc1Oc1ccccc1. The Kier molecular flexibility index (Phi) is 5.60. The summed E-state index contributed by atoms with van der Waals surface area (Å²) in [6, 6.07) is 16.5. The zero-order valence-electron chi connectivity index (χ0n) is 15.8. The van der Waals surface area contributed by atoms with E-state index in [1.807, 2.05) is 42.5 Å². The van der Waals surface area contributed by atoms with E-state index in [1.165, 1.54) is 19.3 Å². The lowest BCUT2D eigenvalue weighted by atomic mass is 9.86. The van der Waals surface area contributed by atoms with Crippen molar-refractivity contribution >= 4 is 17.6 Å². The van der Waals surface area contributed by atoms with Crippen molar-refractivity contribution in [1.82, 2.24) is 0 Å². The Morgan fingerprint density at radius 3 is 2.50 bits per heavy atom. The van der Waals surface area contributed by atoms with Crippen LogP contribution in [0.15, 0.2) is 54.6 Å². The fourth-order valence-corrected chi connectivity index (χ4v) is 4.51. The zero-order chi connectivity index (χ0) is 19.3. The van der Waals surface area contributed by atoms with Gasteiger partial charge in [0.05, 0.1) is 5.69 Å². The Morgan fingerprint density at radius 2 is 1.75 bits per heavy atom. The van der Waals surface area contributed by atoms with Crippen LogP contribution < -0.4 is 10.1 Å². The number of para-hydroxylation sites is 3. The van der Waals surface area contributed by atoms with Gasteiger partial charge in [-0.05, 0) is 61.3 Å². The molecule has 0 spiro atoms. The van der Waals surface area contributed by atoms with Crippen LogP contribution in [-0.2, 0) is 14.3 Å². The van der Waals surface area contributed by atoms with E-state index in [4.69, 9.17) is 9.47 Å². The van der Waals surface area contributed by atoms with Gasteiger partial charge in [0.25, 0.3) is 5.91 Å². The molecule has 0 saturated heterocycles. The number of amides is 1. The van der Waals surface area contributed by atoms with Crippen molar-refractivity contribution in [1.29, 1.82) is 0 Å². The molecule has 28 heavy (non-hydrogen) atoms. The molecule has 2 fully saturated rings. The summed E-state index contributed by atoms with van der Waals surface area (Å²) in [7, 11) is 0. The fourth-order valence-electron chi connectivity index (χ4n) is 4.51. The number of benzene rings is 2. The molecule has 0 unspecified atom stereocenters. The van der Waals surface area contributed by atoms with Crippen LogP contribution in [0.4, 0.5) is 5.69 Å². The highest BCUT2D eigenvalue weighted by atomic mass is 16.5. The van der Waals surface area contributed by atoms with Crippen molar-refractivity contribution in [3.8, 4) is 11.5 Å². The van der Waals surface area contributed by atoms with Crippen LogP contribution in [0, 0.1) is 17.8 Å². The first-order valence-electron chi connectivity index (χ1n) is 9.95. The van der Waals surface area contributed by atoms with Crippen LogP contribution in [0.2, 0.25) is 0 Å². The number of hydrogen-bond acceptors (Lipinski definition) is 4. The average molecular weight is 379 g/mol. The summed E-state index contributed by atoms with van der Waals surface area (Å²) in [5.74, 6) is 2.48. The van der Waals surface area contributed by atoms with Crippen LogP contribution in [0.3, 0.4) is 0 Å². The minimum Gasteiger partial charge on any atom is -0.456 e. The van der Waals surface area contributed by atoms with Crippen LogP contribution in [0.5, 0.6) is 11.5 Å². The predicted molar refractivity (Wildman–Crippen MR) is 106 cm³/mol. The lowest BCUT2D eigenvalue weighted by Crippen LogP contribution is -2.23. The van der Waals surface area contributed by atoms with Gasteiger partial charge in [0.15, 0.2) is 12.4 Å². The fraction of sp³-hybridized carbons (Fsp3) is 0.391. The number of fused-ring (bicyclic) bond motifs is 2. The highest BCUT2D eigenvalue weighted by Gasteiger charge is 2.40. The summed E-state index contributed by atoms with van der Waals surface area (Å²) < 4.78 is 11.0. The maximum Gasteiger partial charge on any atom is 0.306 e. The van der Waals surface area contributed by atoms with E-state index < -0.39 is 0 Å². The topological polar surface area (TPSA) is 64.6 Å². The Hall–Kier alpha value is -2.82. The van der Waals surface area contributed by atoms with Crippen LogP contribution in [0.1, 0.15) is 32.1 Å². The quantitative estimate of drug-likeness (QED) is 0.703. The summed E-state index contributed by atoms with van der Waals surface area (Å²) in [6.07, 6.45) is 5.37. The number of carbonyl (C=O) groups is 2. The van der Waals surface area contributed by atoms with Gasteiger partial charge in [-0.1, -0.05) is 36.8 Å². The lowest BCUT2D eigenvalue weighted by Gasteiger charge is -2.20. The van der Waals surface area contributed by atoms with Gasteiger partial charge in [-0.15, -0.1) is 0 Å². The molecule has 0 aliphatic heterocycles. The van der Waals surface area contributed by atoms with Gasteiger partial charge in [0.2, 0.25) is 0 Å². The van der Waals surface area contributed by atoms with Crippen molar-refractivity contribution in [3.05, 3.63) is 54.6 Å². The Morgan fingerprint density at radius 1 is 0.964 bits per heavy atom. The van der Waals surface area contributed by atoms with E-state index in [0.29, 0.717) is 35.4 Å². The molecule has 1 amide bonds. The number of hydrogen-bond donors (Lipinski definition) is 1. The van der Waals surface area contributed by atoms with E-state index in [9.17, 15) is 9.59 Å². The number of nitrogens with one attached hydrogen (secondary N) is 1. The first-order chi connectivity index (χ1) is 13.7. The molecular weight excluding hydrogens is 354 g/mol. The molecule has 5 heteroatoms. The van der Waals surface area contributed by atoms with Crippen molar-refractivity contribution in [2.45, 2.75) is 32.1 Å². The molecule has 2 aromatic carbocycles. The summed E-state index contributed by atoms with van der Waals surface area (Å²) in [5.41, 5.74) is 0.542. The number of esters is 1. The van der Waals surface area contributed by atoms with E-state index in [2.05, 4.69) is 5.32 Å². The molecule has 5 nitrogen and oxygen atoms in total. The third kappa shape index (κ3) is 4.53. The zero-order valence-corrected chi connectivity index (χ0v) is 15.8. The number of carbonyl (C=O) groups excluding carboxylic acids is 2. The number of rotatable bonds is 7. The van der Waals surface area contributed by atoms with Gasteiger partial charge in [-0.2, -0.15) is 0 Å². The second-order valence-corrected chi connectivity index (χ2v) is 7.76. The second-order valence-electron chi connectivity index (χ2n) is 7.76.